The number of ether oxygens (including phenoxy) is 1. The fourth-order valence-corrected chi connectivity index (χ4v) is 1.88. The third kappa shape index (κ3) is 2.11. The first-order chi connectivity index (χ1) is 8.13. The number of nitrogens with zero attached hydrogens (tertiary/aromatic N) is 2. The largest absolute Gasteiger partial charge is 0.497 e. The summed E-state index contributed by atoms with van der Waals surface area (Å²) in [6.45, 7) is 4.21. The lowest BCUT2D eigenvalue weighted by molar-refractivity contribution is 0.414. The van der Waals surface area contributed by atoms with Crippen LogP contribution < -0.4 is 10.5 Å². The molecule has 2 N–H and O–H groups in total. The predicted molar refractivity (Wildman–Crippen MR) is 68.6 cm³/mol. The zero-order valence-electron chi connectivity index (χ0n) is 10.3. The second-order valence-electron chi connectivity index (χ2n) is 4.25. The lowest BCUT2D eigenvalue weighted by Gasteiger charge is -2.11. The molecule has 0 saturated carbocycles. The molecule has 0 unspecified atom stereocenters. The molecule has 0 bridgehead atoms. The van der Waals surface area contributed by atoms with E-state index in [0.717, 1.165) is 22.8 Å². The Morgan fingerprint density at radius 2 is 1.88 bits per heavy atom. The van der Waals surface area contributed by atoms with Gasteiger partial charge in [0.05, 0.1) is 30.4 Å². The van der Waals surface area contributed by atoms with Crippen LogP contribution in [-0.4, -0.2) is 16.9 Å². The summed E-state index contributed by atoms with van der Waals surface area (Å²) in [6, 6.07) is 7.77. The number of rotatable bonds is 3. The molecule has 1 aromatic carbocycles. The quantitative estimate of drug-likeness (QED) is 0.883. The maximum atomic E-state index is 5.93. The highest BCUT2D eigenvalue weighted by molar-refractivity contribution is 5.48. The van der Waals surface area contributed by atoms with Crippen LogP contribution in [0.15, 0.2) is 30.5 Å². The molecule has 0 aliphatic rings. The summed E-state index contributed by atoms with van der Waals surface area (Å²) in [5.41, 5.74) is 8.69. The molecule has 0 atom stereocenters. The maximum absolute atomic E-state index is 5.93. The smallest absolute Gasteiger partial charge is 0.119 e. The molecule has 4 heteroatoms. The van der Waals surface area contributed by atoms with Crippen LogP contribution in [0, 0.1) is 0 Å². The molecule has 1 heterocycles. The van der Waals surface area contributed by atoms with Gasteiger partial charge in [-0.1, -0.05) is 13.8 Å². The van der Waals surface area contributed by atoms with Crippen LogP contribution in [-0.2, 0) is 0 Å². The Bertz CT molecular complexity index is 500. The minimum absolute atomic E-state index is 0.333. The lowest BCUT2D eigenvalue weighted by atomic mass is 10.1. The molecule has 17 heavy (non-hydrogen) atoms. The van der Waals surface area contributed by atoms with Gasteiger partial charge < -0.3 is 10.5 Å². The summed E-state index contributed by atoms with van der Waals surface area (Å²) in [5.74, 6) is 1.17. The molecular formula is C13H17N3O. The molecule has 2 aromatic rings. The van der Waals surface area contributed by atoms with E-state index >= 15 is 0 Å². The van der Waals surface area contributed by atoms with Crippen molar-refractivity contribution >= 4 is 5.69 Å². The predicted octanol–water partition coefficient (Wildman–Crippen LogP) is 2.59. The summed E-state index contributed by atoms with van der Waals surface area (Å²) in [4.78, 5) is 0. The molecule has 0 fully saturated rings. The minimum atomic E-state index is 0.333. The van der Waals surface area contributed by atoms with Gasteiger partial charge in [0.1, 0.15) is 5.75 Å². The number of nitrogen functional groups attached to an aromatic ring is 1. The van der Waals surface area contributed by atoms with Crippen LogP contribution >= 0.6 is 0 Å². The number of hydrogen-bond acceptors (Lipinski definition) is 3. The standard InChI is InChI=1S/C13H17N3O/c1-9(2)13-12(14)8-15-16(13)10-4-6-11(17-3)7-5-10/h4-9H,14H2,1-3H3. The maximum Gasteiger partial charge on any atom is 0.119 e. The van der Waals surface area contributed by atoms with Crippen molar-refractivity contribution in [2.75, 3.05) is 12.8 Å². The van der Waals surface area contributed by atoms with Crippen molar-refractivity contribution in [2.24, 2.45) is 0 Å². The zero-order valence-corrected chi connectivity index (χ0v) is 10.3. The third-order valence-electron chi connectivity index (χ3n) is 2.70. The number of methoxy groups -OCH3 is 1. The molecule has 0 radical (unpaired) electrons. The number of benzene rings is 1. The molecule has 1 aromatic heterocycles. The second kappa shape index (κ2) is 4.49. The fourth-order valence-electron chi connectivity index (χ4n) is 1.88. The first-order valence-corrected chi connectivity index (χ1v) is 5.61. The molecule has 2 rings (SSSR count). The molecule has 0 saturated heterocycles. The Morgan fingerprint density at radius 1 is 1.24 bits per heavy atom. The number of hydrogen-bond donors (Lipinski definition) is 1. The van der Waals surface area contributed by atoms with Crippen molar-refractivity contribution in [3.05, 3.63) is 36.2 Å². The van der Waals surface area contributed by atoms with Gasteiger partial charge in [-0.05, 0) is 30.2 Å². The molecule has 0 aliphatic carbocycles. The Balaban J connectivity index is 2.45. The van der Waals surface area contributed by atoms with Crippen molar-refractivity contribution < 1.29 is 4.74 Å². The van der Waals surface area contributed by atoms with Crippen LogP contribution in [0.25, 0.3) is 5.69 Å². The summed E-state index contributed by atoms with van der Waals surface area (Å²) in [7, 11) is 1.65. The molecule has 4 nitrogen and oxygen atoms in total. The summed E-state index contributed by atoms with van der Waals surface area (Å²) in [6.07, 6.45) is 1.69. The van der Waals surface area contributed by atoms with E-state index in [2.05, 4.69) is 18.9 Å². The Morgan fingerprint density at radius 3 is 2.41 bits per heavy atom. The average molecular weight is 231 g/mol. The Hall–Kier alpha value is -1.97. The van der Waals surface area contributed by atoms with Crippen molar-refractivity contribution in [1.29, 1.82) is 0 Å². The molecule has 0 amide bonds. The minimum Gasteiger partial charge on any atom is -0.497 e. The van der Waals surface area contributed by atoms with Gasteiger partial charge in [-0.15, -0.1) is 0 Å². The highest BCUT2D eigenvalue weighted by atomic mass is 16.5. The van der Waals surface area contributed by atoms with E-state index in [0.29, 0.717) is 5.92 Å². The average Bonchev–Trinajstić information content (AvgIpc) is 2.71. The van der Waals surface area contributed by atoms with Gasteiger partial charge in [0.25, 0.3) is 0 Å². The van der Waals surface area contributed by atoms with E-state index in [9.17, 15) is 0 Å². The van der Waals surface area contributed by atoms with Gasteiger partial charge in [0.15, 0.2) is 0 Å². The number of nitrogens with two attached hydrogens (primary N) is 1. The highest BCUT2D eigenvalue weighted by Crippen LogP contribution is 2.25. The van der Waals surface area contributed by atoms with Crippen molar-refractivity contribution in [3.8, 4) is 11.4 Å². The topological polar surface area (TPSA) is 53.1 Å². The van der Waals surface area contributed by atoms with E-state index in [1.807, 2.05) is 28.9 Å². The second-order valence-corrected chi connectivity index (χ2v) is 4.25. The Kier molecular flexibility index (Phi) is 3.04. The monoisotopic (exact) mass is 231 g/mol. The van der Waals surface area contributed by atoms with Gasteiger partial charge in [-0.2, -0.15) is 5.10 Å². The molecule has 0 spiro atoms. The SMILES string of the molecule is COc1ccc(-n2ncc(N)c2C(C)C)cc1. The Labute approximate surface area is 101 Å². The molecule has 0 aliphatic heterocycles. The van der Waals surface area contributed by atoms with E-state index in [1.165, 1.54) is 0 Å². The van der Waals surface area contributed by atoms with Crippen LogP contribution in [0.5, 0.6) is 5.75 Å². The van der Waals surface area contributed by atoms with Crippen molar-refractivity contribution in [2.45, 2.75) is 19.8 Å². The van der Waals surface area contributed by atoms with Crippen LogP contribution in [0.4, 0.5) is 5.69 Å². The van der Waals surface area contributed by atoms with Gasteiger partial charge in [0, 0.05) is 0 Å². The zero-order chi connectivity index (χ0) is 12.4. The highest BCUT2D eigenvalue weighted by Gasteiger charge is 2.13. The fraction of sp³-hybridized carbons (Fsp3) is 0.308. The van der Waals surface area contributed by atoms with Crippen molar-refractivity contribution in [1.82, 2.24) is 9.78 Å². The van der Waals surface area contributed by atoms with Crippen LogP contribution in [0.2, 0.25) is 0 Å². The summed E-state index contributed by atoms with van der Waals surface area (Å²) < 4.78 is 7.01. The molecule has 90 valence electrons. The van der Waals surface area contributed by atoms with Crippen molar-refractivity contribution in [3.63, 3.8) is 0 Å². The van der Waals surface area contributed by atoms with E-state index in [1.54, 1.807) is 13.3 Å². The third-order valence-corrected chi connectivity index (χ3v) is 2.70. The summed E-state index contributed by atoms with van der Waals surface area (Å²) in [5, 5.41) is 4.31. The van der Waals surface area contributed by atoms with Gasteiger partial charge in [0.2, 0.25) is 0 Å². The van der Waals surface area contributed by atoms with E-state index in [-0.39, 0.29) is 0 Å². The van der Waals surface area contributed by atoms with Crippen LogP contribution in [0.3, 0.4) is 0 Å². The van der Waals surface area contributed by atoms with Gasteiger partial charge >= 0.3 is 0 Å². The van der Waals surface area contributed by atoms with Crippen LogP contribution in [0.1, 0.15) is 25.5 Å². The first kappa shape index (κ1) is 11.5. The molecular weight excluding hydrogens is 214 g/mol. The van der Waals surface area contributed by atoms with Gasteiger partial charge in [-0.3, -0.25) is 0 Å². The lowest BCUT2D eigenvalue weighted by Crippen LogP contribution is -2.05. The summed E-state index contributed by atoms with van der Waals surface area (Å²) >= 11 is 0. The number of aromatic nitrogens is 2. The van der Waals surface area contributed by atoms with Gasteiger partial charge in [-0.25, -0.2) is 4.68 Å². The van der Waals surface area contributed by atoms with E-state index < -0.39 is 0 Å². The normalized spacial score (nSPS) is 10.8. The van der Waals surface area contributed by atoms with E-state index in [4.69, 9.17) is 10.5 Å². The first-order valence-electron chi connectivity index (χ1n) is 5.61. The number of anilines is 1.